The number of fused-ring (bicyclic) bond motifs is 3. The monoisotopic (exact) mass is 218 g/mol. The van der Waals surface area contributed by atoms with Crippen LogP contribution in [0.3, 0.4) is 0 Å². The van der Waals surface area contributed by atoms with E-state index < -0.39 is 11.6 Å². The largest absolute Gasteiger partial charge is 0.420 e. The van der Waals surface area contributed by atoms with E-state index in [1.54, 1.807) is 6.07 Å². The molecule has 0 amide bonds. The van der Waals surface area contributed by atoms with Gasteiger partial charge in [-0.05, 0) is 25.1 Å². The van der Waals surface area contributed by atoms with Crippen molar-refractivity contribution >= 4 is 22.0 Å². The highest BCUT2D eigenvalue weighted by atomic mass is 19.1. The van der Waals surface area contributed by atoms with E-state index in [1.165, 1.54) is 6.07 Å². The first-order valence-corrected chi connectivity index (χ1v) is 4.74. The molecule has 0 saturated carbocycles. The Morgan fingerprint density at radius 2 is 2.25 bits per heavy atom. The summed E-state index contributed by atoms with van der Waals surface area (Å²) in [7, 11) is 0. The zero-order valence-corrected chi connectivity index (χ0v) is 8.37. The topological polar surface area (TPSA) is 58.9 Å². The summed E-state index contributed by atoms with van der Waals surface area (Å²) in [5.74, 6) is -0.602. The molecule has 3 aromatic rings. The number of hydrogen-bond acceptors (Lipinski definition) is 3. The summed E-state index contributed by atoms with van der Waals surface area (Å²) in [6.45, 7) is 1.81. The molecule has 0 aliphatic carbocycles. The number of aryl methyl sites for hydroxylation is 1. The molecule has 0 bridgehead atoms. The number of pyridine rings is 1. The van der Waals surface area contributed by atoms with Crippen molar-refractivity contribution < 1.29 is 8.81 Å². The van der Waals surface area contributed by atoms with Gasteiger partial charge in [-0.25, -0.2) is 9.78 Å². The Kier molecular flexibility index (Phi) is 1.65. The van der Waals surface area contributed by atoms with Crippen molar-refractivity contribution in [1.82, 2.24) is 9.97 Å². The Hall–Kier alpha value is -2.17. The number of H-pyrrole nitrogens is 1. The molecule has 80 valence electrons. The van der Waals surface area contributed by atoms with Crippen molar-refractivity contribution in [3.05, 3.63) is 40.3 Å². The van der Waals surface area contributed by atoms with Gasteiger partial charge in [0.25, 0.3) is 0 Å². The van der Waals surface area contributed by atoms with E-state index in [9.17, 15) is 9.18 Å². The van der Waals surface area contributed by atoms with Crippen LogP contribution in [-0.2, 0) is 0 Å². The van der Waals surface area contributed by atoms with E-state index in [4.69, 9.17) is 4.42 Å². The third kappa shape index (κ3) is 1.14. The lowest BCUT2D eigenvalue weighted by atomic mass is 10.3. The molecule has 5 heteroatoms. The molecule has 0 atom stereocenters. The number of nitrogens with zero attached hydrogens (tertiary/aromatic N) is 1. The number of rotatable bonds is 0. The zero-order chi connectivity index (χ0) is 11.3. The maximum Gasteiger partial charge on any atom is 0.345 e. The van der Waals surface area contributed by atoms with Crippen molar-refractivity contribution in [2.75, 3.05) is 0 Å². The van der Waals surface area contributed by atoms with Gasteiger partial charge in [-0.2, -0.15) is 4.39 Å². The molecule has 3 aromatic heterocycles. The molecule has 0 aliphatic rings. The fourth-order valence-electron chi connectivity index (χ4n) is 1.78. The van der Waals surface area contributed by atoms with Gasteiger partial charge in [0.1, 0.15) is 5.52 Å². The highest BCUT2D eigenvalue weighted by Gasteiger charge is 2.11. The van der Waals surface area contributed by atoms with Crippen LogP contribution in [0.4, 0.5) is 4.39 Å². The first-order chi connectivity index (χ1) is 7.65. The molecule has 0 radical (unpaired) electrons. The van der Waals surface area contributed by atoms with Crippen molar-refractivity contribution in [3.63, 3.8) is 0 Å². The van der Waals surface area contributed by atoms with E-state index in [1.807, 2.05) is 6.92 Å². The molecule has 0 fully saturated rings. The minimum Gasteiger partial charge on any atom is -0.420 e. The Balaban J connectivity index is 2.65. The highest BCUT2D eigenvalue weighted by Crippen LogP contribution is 2.20. The van der Waals surface area contributed by atoms with Crippen LogP contribution in [0.25, 0.3) is 22.0 Å². The van der Waals surface area contributed by atoms with E-state index in [0.717, 1.165) is 11.8 Å². The third-order valence-corrected chi connectivity index (χ3v) is 2.44. The van der Waals surface area contributed by atoms with Crippen LogP contribution in [0.2, 0.25) is 0 Å². The van der Waals surface area contributed by atoms with Gasteiger partial charge >= 0.3 is 5.63 Å². The fraction of sp³-hybridized carbons (Fsp3) is 0.0909. The summed E-state index contributed by atoms with van der Waals surface area (Å²) in [5, 5.41) is 0.392. The number of nitrogens with one attached hydrogen (secondary N) is 1. The predicted octanol–water partition coefficient (Wildman–Crippen LogP) is 2.12. The van der Waals surface area contributed by atoms with Crippen LogP contribution in [0.1, 0.15) is 5.69 Å². The van der Waals surface area contributed by atoms with Gasteiger partial charge in [0.05, 0.1) is 10.9 Å². The molecule has 3 rings (SSSR count). The molecule has 4 nitrogen and oxygen atoms in total. The average Bonchev–Trinajstić information content (AvgIpc) is 2.62. The first-order valence-electron chi connectivity index (χ1n) is 4.74. The quantitative estimate of drug-likeness (QED) is 0.588. The molecule has 3 heterocycles. The van der Waals surface area contributed by atoms with Crippen molar-refractivity contribution in [2.45, 2.75) is 6.92 Å². The van der Waals surface area contributed by atoms with Gasteiger partial charge in [0, 0.05) is 5.69 Å². The van der Waals surface area contributed by atoms with Crippen LogP contribution in [0, 0.1) is 12.9 Å². The predicted molar refractivity (Wildman–Crippen MR) is 56.8 cm³/mol. The summed E-state index contributed by atoms with van der Waals surface area (Å²) in [6.07, 6.45) is 0. The number of halogens is 1. The van der Waals surface area contributed by atoms with E-state index >= 15 is 0 Å². The zero-order valence-electron chi connectivity index (χ0n) is 8.37. The van der Waals surface area contributed by atoms with Gasteiger partial charge < -0.3 is 9.40 Å². The van der Waals surface area contributed by atoms with E-state index in [0.29, 0.717) is 16.4 Å². The summed E-state index contributed by atoms with van der Waals surface area (Å²) in [6, 6.07) is 4.22. The lowest BCUT2D eigenvalue weighted by Crippen LogP contribution is -1.99. The smallest absolute Gasteiger partial charge is 0.345 e. The second-order valence-electron chi connectivity index (χ2n) is 3.61. The normalized spacial score (nSPS) is 11.4. The highest BCUT2D eigenvalue weighted by molar-refractivity contribution is 5.99. The molecule has 0 aliphatic heterocycles. The molecule has 16 heavy (non-hydrogen) atoms. The van der Waals surface area contributed by atoms with Gasteiger partial charge in [-0.15, -0.1) is 0 Å². The summed E-state index contributed by atoms with van der Waals surface area (Å²) in [4.78, 5) is 18.3. The molecule has 1 N–H and O–H groups in total. The average molecular weight is 218 g/mol. The Labute approximate surface area is 88.7 Å². The van der Waals surface area contributed by atoms with Gasteiger partial charge in [-0.3, -0.25) is 0 Å². The van der Waals surface area contributed by atoms with E-state index in [2.05, 4.69) is 9.97 Å². The van der Waals surface area contributed by atoms with Crippen molar-refractivity contribution in [2.24, 2.45) is 0 Å². The molecule has 0 saturated heterocycles. The lowest BCUT2D eigenvalue weighted by Gasteiger charge is -1.97. The third-order valence-electron chi connectivity index (χ3n) is 2.44. The fourth-order valence-corrected chi connectivity index (χ4v) is 1.78. The van der Waals surface area contributed by atoms with Crippen molar-refractivity contribution in [3.8, 4) is 0 Å². The maximum absolute atomic E-state index is 13.0. The molecule has 0 spiro atoms. The molecule has 0 unspecified atom stereocenters. The van der Waals surface area contributed by atoms with Gasteiger partial charge in [0.2, 0.25) is 5.95 Å². The van der Waals surface area contributed by atoms with E-state index in [-0.39, 0.29) is 5.58 Å². The maximum atomic E-state index is 13.0. The van der Waals surface area contributed by atoms with Crippen molar-refractivity contribution in [1.29, 1.82) is 0 Å². The number of hydrogen-bond donors (Lipinski definition) is 1. The van der Waals surface area contributed by atoms with Crippen LogP contribution >= 0.6 is 0 Å². The standard InChI is InChI=1S/C11H7FN2O2/c1-5-4-6-9(13-5)10-7(16-11(6)15)2-3-8(12)14-10/h2-4,13H,1H3. The number of aromatic amines is 1. The molecular weight excluding hydrogens is 211 g/mol. The second-order valence-corrected chi connectivity index (χ2v) is 3.61. The Morgan fingerprint density at radius 3 is 3.06 bits per heavy atom. The Morgan fingerprint density at radius 1 is 1.44 bits per heavy atom. The minimum absolute atomic E-state index is 0.278. The second kappa shape index (κ2) is 2.91. The van der Waals surface area contributed by atoms with Crippen LogP contribution < -0.4 is 5.63 Å². The minimum atomic E-state index is -0.602. The molecule has 0 aromatic carbocycles. The SMILES string of the molecule is Cc1cc2c(=O)oc3ccc(F)nc3c2[nH]1. The first kappa shape index (κ1) is 9.08. The lowest BCUT2D eigenvalue weighted by molar-refractivity contribution is 0.558. The van der Waals surface area contributed by atoms with Gasteiger partial charge in [0.15, 0.2) is 5.58 Å². The van der Waals surface area contributed by atoms with Crippen LogP contribution in [0.5, 0.6) is 0 Å². The Bertz CT molecular complexity index is 758. The van der Waals surface area contributed by atoms with Gasteiger partial charge in [-0.1, -0.05) is 0 Å². The van der Waals surface area contributed by atoms with Crippen LogP contribution in [-0.4, -0.2) is 9.97 Å². The summed E-state index contributed by atoms with van der Waals surface area (Å²) < 4.78 is 18.1. The summed E-state index contributed by atoms with van der Waals surface area (Å²) >= 11 is 0. The number of aromatic nitrogens is 2. The summed E-state index contributed by atoms with van der Waals surface area (Å²) in [5.41, 5.74) is 1.49. The molecular formula is C11H7FN2O2. The van der Waals surface area contributed by atoms with Crippen LogP contribution in [0.15, 0.2) is 27.4 Å².